The Morgan fingerprint density at radius 2 is 1.86 bits per heavy atom. The molecule has 2 nitrogen and oxygen atoms in total. The number of rotatable bonds is 6. The van der Waals surface area contributed by atoms with Crippen molar-refractivity contribution < 1.29 is 4.74 Å². The molecule has 2 aromatic rings. The van der Waals surface area contributed by atoms with Gasteiger partial charge in [-0.1, -0.05) is 42.3 Å². The first-order valence-electron chi connectivity index (χ1n) is 7.27. The Hall–Kier alpha value is -1.82. The maximum atomic E-state index is 5.77. The summed E-state index contributed by atoms with van der Waals surface area (Å²) in [6.07, 6.45) is 5.52. The number of fused-ring (bicyclic) bond motifs is 1. The highest BCUT2D eigenvalue weighted by Gasteiger charge is 2.19. The molecule has 110 valence electrons. The van der Waals surface area contributed by atoms with Crippen molar-refractivity contribution in [1.82, 2.24) is 4.90 Å². The smallest absolute Gasteiger partial charge is 0.0764 e. The molecule has 0 aromatic heterocycles. The first-order valence-corrected chi connectivity index (χ1v) is 7.27. The van der Waals surface area contributed by atoms with Crippen molar-refractivity contribution >= 4 is 10.8 Å². The van der Waals surface area contributed by atoms with Crippen LogP contribution in [0.4, 0.5) is 0 Å². The highest BCUT2D eigenvalue weighted by Crippen LogP contribution is 2.16. The lowest BCUT2D eigenvalue weighted by Gasteiger charge is -2.30. The molecule has 0 aliphatic rings. The second kappa shape index (κ2) is 6.76. The normalized spacial score (nSPS) is 11.8. The van der Waals surface area contributed by atoms with Gasteiger partial charge in [-0.15, -0.1) is 6.42 Å². The van der Waals surface area contributed by atoms with Crippen molar-refractivity contribution in [3.8, 4) is 12.3 Å². The van der Waals surface area contributed by atoms with Gasteiger partial charge in [-0.3, -0.25) is 4.90 Å². The summed E-state index contributed by atoms with van der Waals surface area (Å²) in [7, 11) is 2.03. The van der Waals surface area contributed by atoms with Crippen LogP contribution in [0.25, 0.3) is 10.8 Å². The van der Waals surface area contributed by atoms with Gasteiger partial charge in [0.15, 0.2) is 0 Å². The average molecular weight is 281 g/mol. The van der Waals surface area contributed by atoms with Gasteiger partial charge in [0, 0.05) is 6.54 Å². The maximum Gasteiger partial charge on any atom is 0.0764 e. The minimum absolute atomic E-state index is 0.230. The van der Waals surface area contributed by atoms with Crippen LogP contribution in [-0.2, 0) is 11.3 Å². The molecule has 0 aliphatic heterocycles. The van der Waals surface area contributed by atoms with E-state index in [1.54, 1.807) is 0 Å². The van der Waals surface area contributed by atoms with Gasteiger partial charge in [0.05, 0.1) is 18.8 Å². The fourth-order valence-electron chi connectivity index (χ4n) is 2.11. The molecule has 2 heteroatoms. The van der Waals surface area contributed by atoms with E-state index in [2.05, 4.69) is 53.3 Å². The van der Waals surface area contributed by atoms with Crippen molar-refractivity contribution in [2.75, 3.05) is 20.2 Å². The lowest BCUT2D eigenvalue weighted by molar-refractivity contribution is 0.0816. The molecule has 0 unspecified atom stereocenters. The van der Waals surface area contributed by atoms with E-state index in [9.17, 15) is 0 Å². The number of hydrogen-bond donors (Lipinski definition) is 0. The van der Waals surface area contributed by atoms with Crippen LogP contribution < -0.4 is 0 Å². The zero-order chi connectivity index (χ0) is 15.3. The molecule has 2 rings (SSSR count). The highest BCUT2D eigenvalue weighted by molar-refractivity contribution is 5.82. The number of benzene rings is 2. The quantitative estimate of drug-likeness (QED) is 0.591. The van der Waals surface area contributed by atoms with Crippen LogP contribution >= 0.6 is 0 Å². The van der Waals surface area contributed by atoms with Crippen LogP contribution in [0.15, 0.2) is 42.5 Å². The highest BCUT2D eigenvalue weighted by atomic mass is 16.5. The summed E-state index contributed by atoms with van der Waals surface area (Å²) in [5.41, 5.74) is 0.972. The maximum absolute atomic E-state index is 5.77. The van der Waals surface area contributed by atoms with E-state index in [1.807, 2.05) is 20.9 Å². The fraction of sp³-hybridized carbons (Fsp3) is 0.368. The summed E-state index contributed by atoms with van der Waals surface area (Å²) in [6, 6.07) is 14.8. The monoisotopic (exact) mass is 281 g/mol. The summed E-state index contributed by atoms with van der Waals surface area (Å²) in [5, 5.41) is 2.51. The Labute approximate surface area is 127 Å². The largest absolute Gasteiger partial charge is 0.375 e. The van der Waals surface area contributed by atoms with Gasteiger partial charge in [-0.25, -0.2) is 0 Å². The molecular formula is C19H23NO. The summed E-state index contributed by atoms with van der Waals surface area (Å²) in [5.74, 6) is 2.79. The Balaban J connectivity index is 1.84. The second-order valence-corrected chi connectivity index (χ2v) is 5.86. The van der Waals surface area contributed by atoms with Crippen LogP contribution in [0.2, 0.25) is 0 Å². The Morgan fingerprint density at radius 1 is 1.14 bits per heavy atom. The van der Waals surface area contributed by atoms with Gasteiger partial charge >= 0.3 is 0 Å². The first kappa shape index (κ1) is 15.6. The van der Waals surface area contributed by atoms with Gasteiger partial charge in [0.25, 0.3) is 0 Å². The molecule has 0 N–H and O–H groups in total. The summed E-state index contributed by atoms with van der Waals surface area (Å²) < 4.78 is 5.77. The van der Waals surface area contributed by atoms with Crippen LogP contribution in [0.3, 0.4) is 0 Å². The molecule has 0 spiro atoms. The SMILES string of the molecule is C#CC(C)(C)N(C)CCOCc1ccc2ccccc2c1. The Morgan fingerprint density at radius 3 is 2.57 bits per heavy atom. The van der Waals surface area contributed by atoms with Crippen molar-refractivity contribution in [3.05, 3.63) is 48.0 Å². The van der Waals surface area contributed by atoms with Crippen LogP contribution in [-0.4, -0.2) is 30.6 Å². The van der Waals surface area contributed by atoms with E-state index < -0.39 is 0 Å². The number of likely N-dealkylation sites (N-methyl/N-ethyl adjacent to an activating group) is 1. The molecule has 0 heterocycles. The van der Waals surface area contributed by atoms with Crippen molar-refractivity contribution in [2.24, 2.45) is 0 Å². The molecule has 0 radical (unpaired) electrons. The molecule has 0 fully saturated rings. The third-order valence-electron chi connectivity index (χ3n) is 3.96. The number of nitrogens with zero attached hydrogens (tertiary/aromatic N) is 1. The summed E-state index contributed by atoms with van der Waals surface area (Å²) >= 11 is 0. The van der Waals surface area contributed by atoms with Crippen molar-refractivity contribution in [3.63, 3.8) is 0 Å². The van der Waals surface area contributed by atoms with E-state index in [4.69, 9.17) is 11.2 Å². The molecule has 0 bridgehead atoms. The molecule has 0 aliphatic carbocycles. The molecule has 0 amide bonds. The lowest BCUT2D eigenvalue weighted by atomic mass is 10.1. The zero-order valence-electron chi connectivity index (χ0n) is 13.1. The third-order valence-corrected chi connectivity index (χ3v) is 3.96. The van der Waals surface area contributed by atoms with E-state index in [1.165, 1.54) is 16.3 Å². The minimum Gasteiger partial charge on any atom is -0.375 e. The predicted molar refractivity (Wildman–Crippen MR) is 89.1 cm³/mol. The van der Waals surface area contributed by atoms with Gasteiger partial charge in [0.2, 0.25) is 0 Å². The van der Waals surface area contributed by atoms with Crippen LogP contribution in [0, 0.1) is 12.3 Å². The molecule has 21 heavy (non-hydrogen) atoms. The molecule has 2 aromatic carbocycles. The summed E-state index contributed by atoms with van der Waals surface area (Å²) in [6.45, 7) is 6.21. The zero-order valence-corrected chi connectivity index (χ0v) is 13.1. The molecule has 0 saturated carbocycles. The molecule has 0 atom stereocenters. The Kier molecular flexibility index (Phi) is 5.01. The number of hydrogen-bond acceptors (Lipinski definition) is 2. The van der Waals surface area contributed by atoms with Gasteiger partial charge < -0.3 is 4.74 Å². The lowest BCUT2D eigenvalue weighted by Crippen LogP contribution is -2.41. The number of terminal acetylenes is 1. The summed E-state index contributed by atoms with van der Waals surface area (Å²) in [4.78, 5) is 2.13. The second-order valence-electron chi connectivity index (χ2n) is 5.86. The Bertz CT molecular complexity index is 639. The van der Waals surface area contributed by atoms with E-state index in [0.29, 0.717) is 13.2 Å². The van der Waals surface area contributed by atoms with Crippen molar-refractivity contribution in [2.45, 2.75) is 26.0 Å². The standard InChI is InChI=1S/C19H23NO/c1-5-19(2,3)20(4)12-13-21-15-16-10-11-17-8-6-7-9-18(17)14-16/h1,6-11,14H,12-13,15H2,2-4H3. The van der Waals surface area contributed by atoms with Crippen LogP contribution in [0.5, 0.6) is 0 Å². The third kappa shape index (κ3) is 4.07. The van der Waals surface area contributed by atoms with Crippen molar-refractivity contribution in [1.29, 1.82) is 0 Å². The van der Waals surface area contributed by atoms with Gasteiger partial charge in [-0.05, 0) is 43.3 Å². The topological polar surface area (TPSA) is 12.5 Å². The fourth-order valence-corrected chi connectivity index (χ4v) is 2.11. The van der Waals surface area contributed by atoms with E-state index in [-0.39, 0.29) is 5.54 Å². The predicted octanol–water partition coefficient (Wildman–Crippen LogP) is 3.70. The minimum atomic E-state index is -0.230. The molecular weight excluding hydrogens is 258 g/mol. The van der Waals surface area contributed by atoms with Gasteiger partial charge in [-0.2, -0.15) is 0 Å². The van der Waals surface area contributed by atoms with Gasteiger partial charge in [0.1, 0.15) is 0 Å². The average Bonchev–Trinajstić information content (AvgIpc) is 2.51. The van der Waals surface area contributed by atoms with E-state index in [0.717, 1.165) is 6.54 Å². The first-order chi connectivity index (χ1) is 10.0. The van der Waals surface area contributed by atoms with E-state index >= 15 is 0 Å². The van der Waals surface area contributed by atoms with Crippen LogP contribution in [0.1, 0.15) is 19.4 Å². The number of ether oxygens (including phenoxy) is 1. The molecule has 0 saturated heterocycles.